The molecular formula is C18H22N2O3S. The van der Waals surface area contributed by atoms with Crippen molar-refractivity contribution >= 4 is 15.9 Å². The van der Waals surface area contributed by atoms with E-state index in [1.54, 1.807) is 24.3 Å². The molecule has 24 heavy (non-hydrogen) atoms. The Hall–Kier alpha value is -2.18. The summed E-state index contributed by atoms with van der Waals surface area (Å²) in [6.07, 6.45) is 0.467. The number of carbonyl (C=O) groups is 1. The number of rotatable bonds is 7. The zero-order chi connectivity index (χ0) is 17.6. The Morgan fingerprint density at radius 3 is 2.25 bits per heavy atom. The van der Waals surface area contributed by atoms with Gasteiger partial charge < -0.3 is 5.32 Å². The second kappa shape index (κ2) is 8.08. The van der Waals surface area contributed by atoms with Gasteiger partial charge in [-0.3, -0.25) is 4.79 Å². The zero-order valence-electron chi connectivity index (χ0n) is 13.8. The van der Waals surface area contributed by atoms with E-state index in [1.165, 1.54) is 6.92 Å². The average molecular weight is 346 g/mol. The minimum absolute atomic E-state index is 0.148. The van der Waals surface area contributed by atoms with Crippen molar-refractivity contribution < 1.29 is 13.2 Å². The molecule has 0 radical (unpaired) electrons. The summed E-state index contributed by atoms with van der Waals surface area (Å²) in [7, 11) is -3.55. The summed E-state index contributed by atoms with van der Waals surface area (Å²) in [5, 5.41) is 2.86. The van der Waals surface area contributed by atoms with Gasteiger partial charge in [0.05, 0.1) is 10.9 Å². The SMILES string of the molecule is CC(=O)NC(CCNS(=O)(=O)c1ccc(C)cc1)c1ccccc1. The number of sulfonamides is 1. The number of amides is 1. The molecule has 2 N–H and O–H groups in total. The van der Waals surface area contributed by atoms with E-state index in [2.05, 4.69) is 10.0 Å². The highest BCUT2D eigenvalue weighted by molar-refractivity contribution is 7.89. The van der Waals surface area contributed by atoms with Gasteiger partial charge in [-0.15, -0.1) is 0 Å². The summed E-state index contributed by atoms with van der Waals surface area (Å²) < 4.78 is 27.2. The first-order valence-electron chi connectivity index (χ1n) is 7.77. The molecule has 2 aromatic carbocycles. The summed E-state index contributed by atoms with van der Waals surface area (Å²) in [4.78, 5) is 11.6. The van der Waals surface area contributed by atoms with E-state index in [9.17, 15) is 13.2 Å². The Morgan fingerprint density at radius 1 is 1.04 bits per heavy atom. The van der Waals surface area contributed by atoms with Crippen LogP contribution in [-0.2, 0) is 14.8 Å². The molecule has 0 fully saturated rings. The van der Waals surface area contributed by atoms with Gasteiger partial charge in [-0.1, -0.05) is 48.0 Å². The first kappa shape index (κ1) is 18.2. The lowest BCUT2D eigenvalue weighted by atomic mass is 10.0. The Bertz CT molecular complexity index is 772. The van der Waals surface area contributed by atoms with E-state index in [4.69, 9.17) is 0 Å². The third-order valence-corrected chi connectivity index (χ3v) is 5.11. The fourth-order valence-corrected chi connectivity index (χ4v) is 3.44. The molecule has 0 spiro atoms. The van der Waals surface area contributed by atoms with Crippen LogP contribution < -0.4 is 10.0 Å². The van der Waals surface area contributed by atoms with Gasteiger partial charge in [-0.25, -0.2) is 13.1 Å². The van der Waals surface area contributed by atoms with Crippen LogP contribution >= 0.6 is 0 Å². The predicted octanol–water partition coefficient (Wildman–Crippen LogP) is 2.54. The lowest BCUT2D eigenvalue weighted by Gasteiger charge is -2.18. The van der Waals surface area contributed by atoms with Gasteiger partial charge in [0.1, 0.15) is 0 Å². The van der Waals surface area contributed by atoms with Crippen LogP contribution in [-0.4, -0.2) is 20.9 Å². The molecule has 0 aromatic heterocycles. The Morgan fingerprint density at radius 2 is 1.67 bits per heavy atom. The topological polar surface area (TPSA) is 75.3 Å². The van der Waals surface area contributed by atoms with Gasteiger partial charge in [-0.05, 0) is 31.0 Å². The van der Waals surface area contributed by atoms with Crippen molar-refractivity contribution in [1.29, 1.82) is 0 Å². The van der Waals surface area contributed by atoms with E-state index in [0.29, 0.717) is 6.42 Å². The Balaban J connectivity index is 2.01. The predicted molar refractivity (Wildman–Crippen MR) is 94.0 cm³/mol. The zero-order valence-corrected chi connectivity index (χ0v) is 14.6. The normalized spacial score (nSPS) is 12.6. The van der Waals surface area contributed by atoms with Gasteiger partial charge in [0.2, 0.25) is 15.9 Å². The quantitative estimate of drug-likeness (QED) is 0.809. The van der Waals surface area contributed by atoms with Crippen LogP contribution in [0.2, 0.25) is 0 Å². The maximum atomic E-state index is 12.3. The van der Waals surface area contributed by atoms with Crippen LogP contribution in [0.5, 0.6) is 0 Å². The maximum absolute atomic E-state index is 12.3. The molecule has 2 rings (SSSR count). The van der Waals surface area contributed by atoms with Gasteiger partial charge in [0.25, 0.3) is 0 Å². The molecule has 6 heteroatoms. The molecule has 128 valence electrons. The summed E-state index contributed by atoms with van der Waals surface area (Å²) >= 11 is 0. The number of benzene rings is 2. The van der Waals surface area contributed by atoms with Crippen molar-refractivity contribution in [2.45, 2.75) is 31.2 Å². The minimum Gasteiger partial charge on any atom is -0.349 e. The Labute approximate surface area is 143 Å². The van der Waals surface area contributed by atoms with Crippen LogP contribution in [0.25, 0.3) is 0 Å². The second-order valence-electron chi connectivity index (χ2n) is 5.66. The van der Waals surface area contributed by atoms with E-state index in [1.807, 2.05) is 37.3 Å². The van der Waals surface area contributed by atoms with Crippen LogP contribution in [0.4, 0.5) is 0 Å². The van der Waals surface area contributed by atoms with Gasteiger partial charge in [0, 0.05) is 13.5 Å². The molecule has 2 aromatic rings. The number of hydrogen-bond donors (Lipinski definition) is 2. The molecular weight excluding hydrogens is 324 g/mol. The third kappa shape index (κ3) is 5.18. The summed E-state index contributed by atoms with van der Waals surface area (Å²) in [6, 6.07) is 16.0. The molecule has 0 aliphatic heterocycles. The summed E-state index contributed by atoms with van der Waals surface area (Å²) in [6.45, 7) is 3.59. The lowest BCUT2D eigenvalue weighted by Crippen LogP contribution is -2.31. The van der Waals surface area contributed by atoms with Crippen molar-refractivity contribution in [3.8, 4) is 0 Å². The maximum Gasteiger partial charge on any atom is 0.240 e. The van der Waals surface area contributed by atoms with E-state index in [0.717, 1.165) is 11.1 Å². The number of carbonyl (C=O) groups excluding carboxylic acids is 1. The van der Waals surface area contributed by atoms with Crippen LogP contribution in [0.3, 0.4) is 0 Å². The van der Waals surface area contributed by atoms with Crippen molar-refractivity contribution in [1.82, 2.24) is 10.0 Å². The molecule has 0 aliphatic rings. The molecule has 0 saturated carbocycles. The highest BCUT2D eigenvalue weighted by atomic mass is 32.2. The van der Waals surface area contributed by atoms with Crippen molar-refractivity contribution in [3.05, 3.63) is 65.7 Å². The van der Waals surface area contributed by atoms with E-state index >= 15 is 0 Å². The van der Waals surface area contributed by atoms with E-state index < -0.39 is 10.0 Å². The number of hydrogen-bond acceptors (Lipinski definition) is 3. The first-order chi connectivity index (χ1) is 11.4. The van der Waals surface area contributed by atoms with Gasteiger partial charge in [0.15, 0.2) is 0 Å². The molecule has 0 aliphatic carbocycles. The molecule has 0 heterocycles. The van der Waals surface area contributed by atoms with Gasteiger partial charge >= 0.3 is 0 Å². The van der Waals surface area contributed by atoms with Crippen molar-refractivity contribution in [2.75, 3.05) is 6.54 Å². The first-order valence-corrected chi connectivity index (χ1v) is 9.25. The average Bonchev–Trinajstić information content (AvgIpc) is 2.54. The fourth-order valence-electron chi connectivity index (χ4n) is 2.39. The monoisotopic (exact) mass is 346 g/mol. The minimum atomic E-state index is -3.55. The van der Waals surface area contributed by atoms with Crippen molar-refractivity contribution in [3.63, 3.8) is 0 Å². The standard InChI is InChI=1S/C18H22N2O3S/c1-14-8-10-17(11-9-14)24(22,23)19-13-12-18(20-15(2)21)16-6-4-3-5-7-16/h3-11,18-19H,12-13H2,1-2H3,(H,20,21). The van der Waals surface area contributed by atoms with Crippen LogP contribution in [0, 0.1) is 6.92 Å². The number of nitrogens with one attached hydrogen (secondary N) is 2. The fraction of sp³-hybridized carbons (Fsp3) is 0.278. The number of aryl methyl sites for hydroxylation is 1. The molecule has 0 bridgehead atoms. The summed E-state index contributed by atoms with van der Waals surface area (Å²) in [5.41, 5.74) is 1.95. The molecule has 1 unspecified atom stereocenters. The molecule has 0 saturated heterocycles. The highest BCUT2D eigenvalue weighted by Crippen LogP contribution is 2.16. The van der Waals surface area contributed by atoms with Crippen LogP contribution in [0.15, 0.2) is 59.5 Å². The van der Waals surface area contributed by atoms with Crippen molar-refractivity contribution in [2.24, 2.45) is 0 Å². The second-order valence-corrected chi connectivity index (χ2v) is 7.43. The molecule has 5 nitrogen and oxygen atoms in total. The smallest absolute Gasteiger partial charge is 0.240 e. The third-order valence-electron chi connectivity index (χ3n) is 3.64. The summed E-state index contributed by atoms with van der Waals surface area (Å²) in [5.74, 6) is -0.148. The molecule has 1 atom stereocenters. The molecule has 1 amide bonds. The Kier molecular flexibility index (Phi) is 6.11. The van der Waals surface area contributed by atoms with Crippen LogP contribution in [0.1, 0.15) is 30.5 Å². The van der Waals surface area contributed by atoms with E-state index in [-0.39, 0.29) is 23.4 Å². The highest BCUT2D eigenvalue weighted by Gasteiger charge is 2.16. The lowest BCUT2D eigenvalue weighted by molar-refractivity contribution is -0.119. The largest absolute Gasteiger partial charge is 0.349 e. The van der Waals surface area contributed by atoms with Gasteiger partial charge in [-0.2, -0.15) is 0 Å².